The first kappa shape index (κ1) is 24.6. The molecule has 0 spiro atoms. The largest absolute Gasteiger partial charge is 0.489 e. The van der Waals surface area contributed by atoms with Crippen LogP contribution in [0.5, 0.6) is 5.75 Å². The lowest BCUT2D eigenvalue weighted by Crippen LogP contribution is -2.55. The van der Waals surface area contributed by atoms with Crippen molar-refractivity contribution in [2.24, 2.45) is 0 Å². The minimum atomic E-state index is -3.21. The van der Waals surface area contributed by atoms with Crippen LogP contribution in [0.15, 0.2) is 54.6 Å². The van der Waals surface area contributed by atoms with Gasteiger partial charge in [0.05, 0.1) is 29.0 Å². The van der Waals surface area contributed by atoms with Crippen LogP contribution in [-0.4, -0.2) is 47.5 Å². The van der Waals surface area contributed by atoms with Gasteiger partial charge in [-0.25, -0.2) is 13.9 Å². The number of para-hydroxylation sites is 1. The summed E-state index contributed by atoms with van der Waals surface area (Å²) in [7, 11) is -3.21. The lowest BCUT2D eigenvalue weighted by Gasteiger charge is -2.37. The van der Waals surface area contributed by atoms with Crippen molar-refractivity contribution in [3.8, 4) is 5.75 Å². The second-order valence-corrected chi connectivity index (χ2v) is 11.2. The summed E-state index contributed by atoms with van der Waals surface area (Å²) < 4.78 is 29.7. The number of nitrogens with one attached hydrogen (secondary N) is 2. The molecular formula is C25H27N3O6S. The van der Waals surface area contributed by atoms with E-state index in [1.807, 2.05) is 37.3 Å². The number of fused-ring (bicyclic) bond motifs is 1. The van der Waals surface area contributed by atoms with E-state index >= 15 is 0 Å². The van der Waals surface area contributed by atoms with Crippen LogP contribution in [0.4, 0.5) is 0 Å². The van der Waals surface area contributed by atoms with Gasteiger partial charge in [-0.05, 0) is 56.2 Å². The Morgan fingerprint density at radius 1 is 1.09 bits per heavy atom. The van der Waals surface area contributed by atoms with Crippen LogP contribution < -0.4 is 15.5 Å². The number of carbonyl (C=O) groups excluding carboxylic acids is 2. The Labute approximate surface area is 203 Å². The number of hydrogen-bond donors (Lipinski definition) is 3. The number of carbonyl (C=O) groups is 2. The number of aryl methyl sites for hydroxylation is 1. The molecule has 2 aromatic carbocycles. The number of aromatic nitrogens is 1. The fraction of sp³-hybridized carbons (Fsp3) is 0.320. The highest BCUT2D eigenvalue weighted by Crippen LogP contribution is 2.28. The standard InChI is InChI=1S/C25H27N3O6S/c1-17-14-19(21-4-2-3-5-22(21)26-17)16-34-20-8-6-18(7-9-20)24(30)27-25(15-23(29)28-31)10-12-35(32,33)13-11-25/h2-9,14,31H,10-13,15-16H2,1H3,(H,27,30)(H,28,29). The van der Waals surface area contributed by atoms with Gasteiger partial charge in [0.2, 0.25) is 5.91 Å². The first-order valence-electron chi connectivity index (χ1n) is 11.2. The van der Waals surface area contributed by atoms with Crippen LogP contribution >= 0.6 is 0 Å². The third-order valence-corrected chi connectivity index (χ3v) is 7.88. The van der Waals surface area contributed by atoms with Gasteiger partial charge in [0.1, 0.15) is 22.2 Å². The predicted octanol–water partition coefficient (Wildman–Crippen LogP) is 2.69. The molecule has 0 atom stereocenters. The zero-order valence-electron chi connectivity index (χ0n) is 19.3. The fourth-order valence-electron chi connectivity index (χ4n) is 4.31. The van der Waals surface area contributed by atoms with Crippen molar-refractivity contribution in [2.45, 2.75) is 38.3 Å². The third kappa shape index (κ3) is 5.95. The molecule has 9 nitrogen and oxygen atoms in total. The van der Waals surface area contributed by atoms with Crippen LogP contribution in [0.2, 0.25) is 0 Å². The molecule has 0 radical (unpaired) electrons. The Morgan fingerprint density at radius 2 is 1.77 bits per heavy atom. The first-order chi connectivity index (χ1) is 16.7. The van der Waals surface area contributed by atoms with E-state index in [-0.39, 0.29) is 30.8 Å². The number of pyridine rings is 1. The maximum Gasteiger partial charge on any atom is 0.251 e. The number of nitrogens with zero attached hydrogens (tertiary/aromatic N) is 1. The topological polar surface area (TPSA) is 135 Å². The number of sulfone groups is 1. The van der Waals surface area contributed by atoms with E-state index in [4.69, 9.17) is 9.94 Å². The van der Waals surface area contributed by atoms with Crippen molar-refractivity contribution in [1.29, 1.82) is 0 Å². The molecule has 3 aromatic rings. The minimum absolute atomic E-state index is 0.0923. The van der Waals surface area contributed by atoms with E-state index in [2.05, 4.69) is 10.3 Å². The zero-order valence-corrected chi connectivity index (χ0v) is 20.1. The number of hydrogen-bond acceptors (Lipinski definition) is 7. The molecule has 4 rings (SSSR count). The SMILES string of the molecule is Cc1cc(COc2ccc(C(=O)NC3(CC(=O)NO)CCS(=O)(=O)CC3)cc2)c2ccccc2n1. The Kier molecular flexibility index (Phi) is 7.04. The molecule has 0 bridgehead atoms. The summed E-state index contributed by atoms with van der Waals surface area (Å²) in [5, 5.41) is 12.8. The summed E-state index contributed by atoms with van der Waals surface area (Å²) in [5.41, 5.74) is 3.66. The quantitative estimate of drug-likeness (QED) is 0.337. The van der Waals surface area contributed by atoms with Gasteiger partial charge in [0.25, 0.3) is 5.91 Å². The number of ether oxygens (including phenoxy) is 1. The Hall–Kier alpha value is -3.50. The van der Waals surface area contributed by atoms with Crippen LogP contribution in [0.1, 0.15) is 40.9 Å². The van der Waals surface area contributed by atoms with Crippen molar-refractivity contribution in [2.75, 3.05) is 11.5 Å². The second-order valence-electron chi connectivity index (χ2n) is 8.85. The van der Waals surface area contributed by atoms with E-state index in [0.29, 0.717) is 17.9 Å². The van der Waals surface area contributed by atoms with E-state index in [0.717, 1.165) is 22.2 Å². The highest BCUT2D eigenvalue weighted by molar-refractivity contribution is 7.91. The lowest BCUT2D eigenvalue weighted by molar-refractivity contribution is -0.130. The summed E-state index contributed by atoms with van der Waals surface area (Å²) in [6, 6.07) is 16.4. The summed E-state index contributed by atoms with van der Waals surface area (Å²) in [6.45, 7) is 2.27. The van der Waals surface area contributed by atoms with Gasteiger partial charge in [-0.15, -0.1) is 0 Å². The summed E-state index contributed by atoms with van der Waals surface area (Å²) in [4.78, 5) is 29.3. The van der Waals surface area contributed by atoms with Crippen molar-refractivity contribution >= 4 is 32.6 Å². The fourth-order valence-corrected chi connectivity index (χ4v) is 5.92. The molecule has 3 N–H and O–H groups in total. The highest BCUT2D eigenvalue weighted by Gasteiger charge is 2.40. The van der Waals surface area contributed by atoms with Gasteiger partial charge in [-0.2, -0.15) is 0 Å². The molecule has 0 unspecified atom stereocenters. The monoisotopic (exact) mass is 497 g/mol. The van der Waals surface area contributed by atoms with Crippen molar-refractivity contribution in [1.82, 2.24) is 15.8 Å². The van der Waals surface area contributed by atoms with Crippen LogP contribution in [-0.2, 0) is 21.2 Å². The predicted molar refractivity (Wildman–Crippen MR) is 130 cm³/mol. The van der Waals surface area contributed by atoms with Crippen LogP contribution in [0.3, 0.4) is 0 Å². The lowest BCUT2D eigenvalue weighted by atomic mass is 9.87. The van der Waals surface area contributed by atoms with Gasteiger partial charge in [-0.3, -0.25) is 19.8 Å². The van der Waals surface area contributed by atoms with Crippen LogP contribution in [0, 0.1) is 6.92 Å². The number of rotatable bonds is 7. The molecule has 0 aliphatic carbocycles. The smallest absolute Gasteiger partial charge is 0.251 e. The molecule has 1 fully saturated rings. The number of benzene rings is 2. The van der Waals surface area contributed by atoms with Gasteiger partial charge < -0.3 is 10.1 Å². The maximum atomic E-state index is 12.9. The van der Waals surface area contributed by atoms with E-state index in [9.17, 15) is 18.0 Å². The number of hydroxylamine groups is 1. The van der Waals surface area contributed by atoms with E-state index in [1.54, 1.807) is 29.7 Å². The molecule has 10 heteroatoms. The zero-order chi connectivity index (χ0) is 25.1. The molecule has 35 heavy (non-hydrogen) atoms. The van der Waals surface area contributed by atoms with Gasteiger partial charge in [0.15, 0.2) is 0 Å². The van der Waals surface area contributed by atoms with Crippen molar-refractivity contribution in [3.05, 3.63) is 71.4 Å². The molecule has 1 saturated heterocycles. The average Bonchev–Trinajstić information content (AvgIpc) is 2.84. The normalized spacial score (nSPS) is 16.4. The Bertz CT molecular complexity index is 1340. The summed E-state index contributed by atoms with van der Waals surface area (Å²) in [6.07, 6.45) is -0.0325. The Balaban J connectivity index is 1.44. The maximum absolute atomic E-state index is 12.9. The first-order valence-corrected chi connectivity index (χ1v) is 13.0. The molecular weight excluding hydrogens is 470 g/mol. The molecule has 1 aliphatic rings. The van der Waals surface area contributed by atoms with Gasteiger partial charge >= 0.3 is 0 Å². The van der Waals surface area contributed by atoms with Gasteiger partial charge in [-0.1, -0.05) is 18.2 Å². The average molecular weight is 498 g/mol. The molecule has 0 saturated carbocycles. The van der Waals surface area contributed by atoms with Crippen LogP contribution in [0.25, 0.3) is 10.9 Å². The molecule has 1 aromatic heterocycles. The minimum Gasteiger partial charge on any atom is -0.489 e. The van der Waals surface area contributed by atoms with Crippen molar-refractivity contribution < 1.29 is 28.0 Å². The summed E-state index contributed by atoms with van der Waals surface area (Å²) in [5.74, 6) is -0.813. The van der Waals surface area contributed by atoms with Crippen molar-refractivity contribution in [3.63, 3.8) is 0 Å². The third-order valence-electron chi connectivity index (χ3n) is 6.23. The molecule has 1 aliphatic heterocycles. The van der Waals surface area contributed by atoms with Gasteiger partial charge in [0, 0.05) is 22.2 Å². The molecule has 2 heterocycles. The molecule has 2 amide bonds. The number of amides is 2. The van der Waals surface area contributed by atoms with E-state index < -0.39 is 27.2 Å². The summed E-state index contributed by atoms with van der Waals surface area (Å²) >= 11 is 0. The second kappa shape index (κ2) is 10.0. The van der Waals surface area contributed by atoms with E-state index in [1.165, 1.54) is 0 Å². The molecule has 184 valence electrons. The highest BCUT2D eigenvalue weighted by atomic mass is 32.2. The Morgan fingerprint density at radius 3 is 2.46 bits per heavy atom.